The smallest absolute Gasteiger partial charge is 0.222 e. The molecule has 0 radical (unpaired) electrons. The number of ether oxygens (including phenoxy) is 1. The highest BCUT2D eigenvalue weighted by Gasteiger charge is 2.26. The standard InChI is InChI=1S/C17H25NO3/c1-17(20)10-6-12-18(13-11-17)16(19)9-5-14-21-15-7-3-2-4-8-15/h2-4,7-8,20H,5-6,9-14H2,1H3. The van der Waals surface area contributed by atoms with Gasteiger partial charge in [-0.05, 0) is 44.7 Å². The minimum absolute atomic E-state index is 0.171. The number of amides is 1. The van der Waals surface area contributed by atoms with E-state index in [9.17, 15) is 9.90 Å². The molecule has 0 aromatic heterocycles. The molecule has 1 heterocycles. The number of likely N-dealkylation sites (tertiary alicyclic amines) is 1. The van der Waals surface area contributed by atoms with Crippen LogP contribution in [0.15, 0.2) is 30.3 Å². The summed E-state index contributed by atoms with van der Waals surface area (Å²) in [6.45, 7) is 3.83. The van der Waals surface area contributed by atoms with Crippen molar-refractivity contribution in [1.29, 1.82) is 0 Å². The monoisotopic (exact) mass is 291 g/mol. The summed E-state index contributed by atoms with van der Waals surface area (Å²) >= 11 is 0. The fourth-order valence-electron chi connectivity index (χ4n) is 2.60. The van der Waals surface area contributed by atoms with Crippen molar-refractivity contribution < 1.29 is 14.6 Å². The third kappa shape index (κ3) is 5.38. The number of hydrogen-bond acceptors (Lipinski definition) is 3. The Morgan fingerprint density at radius 3 is 2.81 bits per heavy atom. The summed E-state index contributed by atoms with van der Waals surface area (Å²) in [6.07, 6.45) is 3.54. The average Bonchev–Trinajstić information content (AvgIpc) is 2.65. The molecule has 1 N–H and O–H groups in total. The second-order valence-electron chi connectivity index (χ2n) is 6.00. The molecule has 0 spiro atoms. The molecule has 2 rings (SSSR count). The molecule has 1 aliphatic rings. The topological polar surface area (TPSA) is 49.8 Å². The summed E-state index contributed by atoms with van der Waals surface area (Å²) in [7, 11) is 0. The van der Waals surface area contributed by atoms with Gasteiger partial charge in [0.25, 0.3) is 0 Å². The van der Waals surface area contributed by atoms with Gasteiger partial charge >= 0.3 is 0 Å². The van der Waals surface area contributed by atoms with Gasteiger partial charge in [0.1, 0.15) is 5.75 Å². The van der Waals surface area contributed by atoms with Crippen LogP contribution in [-0.2, 0) is 4.79 Å². The molecular weight excluding hydrogens is 266 g/mol. The van der Waals surface area contributed by atoms with Gasteiger partial charge in [0.2, 0.25) is 5.91 Å². The molecular formula is C17H25NO3. The van der Waals surface area contributed by atoms with Gasteiger partial charge in [0.05, 0.1) is 12.2 Å². The normalized spacial score (nSPS) is 22.7. The summed E-state index contributed by atoms with van der Waals surface area (Å²) in [5.74, 6) is 1.01. The molecule has 1 atom stereocenters. The Morgan fingerprint density at radius 1 is 1.29 bits per heavy atom. The van der Waals surface area contributed by atoms with Crippen LogP contribution < -0.4 is 4.74 Å². The molecule has 1 aromatic carbocycles. The Morgan fingerprint density at radius 2 is 2.05 bits per heavy atom. The van der Waals surface area contributed by atoms with Gasteiger partial charge in [-0.2, -0.15) is 0 Å². The summed E-state index contributed by atoms with van der Waals surface area (Å²) in [6, 6.07) is 9.65. The molecule has 1 saturated heterocycles. The molecule has 0 bridgehead atoms. The zero-order valence-electron chi connectivity index (χ0n) is 12.8. The minimum Gasteiger partial charge on any atom is -0.494 e. The number of rotatable bonds is 5. The number of nitrogens with zero attached hydrogens (tertiary/aromatic N) is 1. The summed E-state index contributed by atoms with van der Waals surface area (Å²) in [4.78, 5) is 14.0. The largest absolute Gasteiger partial charge is 0.494 e. The maximum atomic E-state index is 12.2. The van der Waals surface area contributed by atoms with Crippen LogP contribution in [0.3, 0.4) is 0 Å². The van der Waals surface area contributed by atoms with Crippen molar-refractivity contribution in [2.45, 2.75) is 44.6 Å². The molecule has 4 heteroatoms. The molecule has 0 saturated carbocycles. The van der Waals surface area contributed by atoms with Crippen molar-refractivity contribution >= 4 is 5.91 Å². The highest BCUT2D eigenvalue weighted by Crippen LogP contribution is 2.21. The van der Waals surface area contributed by atoms with Crippen LogP contribution in [0.25, 0.3) is 0 Å². The van der Waals surface area contributed by atoms with E-state index in [1.807, 2.05) is 42.2 Å². The van der Waals surface area contributed by atoms with E-state index in [1.54, 1.807) is 0 Å². The van der Waals surface area contributed by atoms with E-state index in [-0.39, 0.29) is 5.91 Å². The first-order chi connectivity index (χ1) is 10.1. The summed E-state index contributed by atoms with van der Waals surface area (Å²) in [5, 5.41) is 10.0. The lowest BCUT2D eigenvalue weighted by Crippen LogP contribution is -2.33. The lowest BCUT2D eigenvalue weighted by Gasteiger charge is -2.22. The van der Waals surface area contributed by atoms with Crippen molar-refractivity contribution in [3.05, 3.63) is 30.3 Å². The van der Waals surface area contributed by atoms with E-state index in [4.69, 9.17) is 4.74 Å². The minimum atomic E-state index is -0.620. The second kappa shape index (κ2) is 7.46. The van der Waals surface area contributed by atoms with Crippen molar-refractivity contribution in [2.75, 3.05) is 19.7 Å². The molecule has 1 unspecified atom stereocenters. The first kappa shape index (κ1) is 15.8. The number of aliphatic hydroxyl groups is 1. The maximum Gasteiger partial charge on any atom is 0.222 e. The van der Waals surface area contributed by atoms with Crippen molar-refractivity contribution in [3.63, 3.8) is 0 Å². The van der Waals surface area contributed by atoms with Gasteiger partial charge < -0.3 is 14.7 Å². The predicted molar refractivity (Wildman–Crippen MR) is 82.2 cm³/mol. The number of hydrogen-bond donors (Lipinski definition) is 1. The van der Waals surface area contributed by atoms with Crippen molar-refractivity contribution in [3.8, 4) is 5.75 Å². The van der Waals surface area contributed by atoms with Crippen LogP contribution in [-0.4, -0.2) is 41.2 Å². The molecule has 1 aliphatic heterocycles. The van der Waals surface area contributed by atoms with E-state index in [1.165, 1.54) is 0 Å². The number of carbonyl (C=O) groups excluding carboxylic acids is 1. The van der Waals surface area contributed by atoms with E-state index in [0.717, 1.165) is 31.6 Å². The Bertz CT molecular complexity index is 445. The molecule has 1 fully saturated rings. The molecule has 116 valence electrons. The molecule has 1 aromatic rings. The van der Waals surface area contributed by atoms with E-state index < -0.39 is 5.60 Å². The van der Waals surface area contributed by atoms with E-state index >= 15 is 0 Å². The zero-order valence-corrected chi connectivity index (χ0v) is 12.8. The first-order valence-electron chi connectivity index (χ1n) is 7.75. The molecule has 0 aliphatic carbocycles. The summed E-state index contributed by atoms with van der Waals surface area (Å²) < 4.78 is 5.59. The fourth-order valence-corrected chi connectivity index (χ4v) is 2.60. The SMILES string of the molecule is CC1(O)CCCN(C(=O)CCCOc2ccccc2)CC1. The highest BCUT2D eigenvalue weighted by atomic mass is 16.5. The molecule has 1 amide bonds. The van der Waals surface area contributed by atoms with Crippen LogP contribution >= 0.6 is 0 Å². The number of benzene rings is 1. The van der Waals surface area contributed by atoms with Gasteiger partial charge in [-0.3, -0.25) is 4.79 Å². The van der Waals surface area contributed by atoms with Crippen LogP contribution in [0.5, 0.6) is 5.75 Å². The van der Waals surface area contributed by atoms with E-state index in [2.05, 4.69) is 0 Å². The third-order valence-corrected chi connectivity index (χ3v) is 3.96. The number of carbonyl (C=O) groups is 1. The molecule has 4 nitrogen and oxygen atoms in total. The van der Waals surface area contributed by atoms with Gasteiger partial charge in [0, 0.05) is 19.5 Å². The average molecular weight is 291 g/mol. The Balaban J connectivity index is 1.67. The lowest BCUT2D eigenvalue weighted by atomic mass is 9.98. The number of para-hydroxylation sites is 1. The van der Waals surface area contributed by atoms with Crippen LogP contribution in [0.4, 0.5) is 0 Å². The fraction of sp³-hybridized carbons (Fsp3) is 0.588. The van der Waals surface area contributed by atoms with Gasteiger partial charge in [-0.1, -0.05) is 18.2 Å². The lowest BCUT2D eigenvalue weighted by molar-refractivity contribution is -0.131. The Hall–Kier alpha value is -1.55. The van der Waals surface area contributed by atoms with Gasteiger partial charge in [-0.25, -0.2) is 0 Å². The van der Waals surface area contributed by atoms with Crippen molar-refractivity contribution in [1.82, 2.24) is 4.90 Å². The van der Waals surface area contributed by atoms with Crippen LogP contribution in [0.1, 0.15) is 39.0 Å². The Labute approximate surface area is 126 Å². The van der Waals surface area contributed by atoms with Crippen molar-refractivity contribution in [2.24, 2.45) is 0 Å². The van der Waals surface area contributed by atoms with Crippen LogP contribution in [0, 0.1) is 0 Å². The first-order valence-corrected chi connectivity index (χ1v) is 7.75. The van der Waals surface area contributed by atoms with Gasteiger partial charge in [-0.15, -0.1) is 0 Å². The molecule has 21 heavy (non-hydrogen) atoms. The maximum absolute atomic E-state index is 12.2. The zero-order chi connectivity index (χ0) is 15.1. The third-order valence-electron chi connectivity index (χ3n) is 3.96. The summed E-state index contributed by atoms with van der Waals surface area (Å²) in [5.41, 5.74) is -0.620. The second-order valence-corrected chi connectivity index (χ2v) is 6.00. The quantitative estimate of drug-likeness (QED) is 0.848. The van der Waals surface area contributed by atoms with Crippen LogP contribution in [0.2, 0.25) is 0 Å². The Kier molecular flexibility index (Phi) is 5.62. The van der Waals surface area contributed by atoms with E-state index in [0.29, 0.717) is 26.0 Å². The predicted octanol–water partition coefficient (Wildman–Crippen LogP) is 2.61. The highest BCUT2D eigenvalue weighted by molar-refractivity contribution is 5.76. The van der Waals surface area contributed by atoms with Gasteiger partial charge in [0.15, 0.2) is 0 Å².